The number of urea groups is 1. The number of anilines is 1. The molecule has 8 heteroatoms. The van der Waals surface area contributed by atoms with Gasteiger partial charge in [0.25, 0.3) is 0 Å². The summed E-state index contributed by atoms with van der Waals surface area (Å²) in [4.78, 5) is 23.9. The first kappa shape index (κ1) is 17.0. The lowest BCUT2D eigenvalue weighted by Crippen LogP contribution is -2.35. The topological polar surface area (TPSA) is 104 Å². The van der Waals surface area contributed by atoms with E-state index in [4.69, 9.17) is 5.11 Å². The minimum absolute atomic E-state index is 0.0613. The van der Waals surface area contributed by atoms with Crippen LogP contribution in [0.5, 0.6) is 0 Å². The first-order chi connectivity index (χ1) is 9.69. The van der Waals surface area contributed by atoms with Crippen LogP contribution in [0.2, 0.25) is 0 Å². The zero-order chi connectivity index (χ0) is 16.0. The quantitative estimate of drug-likeness (QED) is 0.809. The summed E-state index contributed by atoms with van der Waals surface area (Å²) in [7, 11) is -1.68. The summed E-state index contributed by atoms with van der Waals surface area (Å²) in [6.07, 6.45) is 0.893. The number of hydrogen-bond acceptors (Lipinski definition) is 4. The van der Waals surface area contributed by atoms with Gasteiger partial charge in [-0.2, -0.15) is 0 Å². The lowest BCUT2D eigenvalue weighted by atomic mass is 10.1. The number of nitrogens with one attached hydrogen (secondary N) is 1. The molecule has 2 amide bonds. The maximum atomic E-state index is 11.9. The van der Waals surface area contributed by atoms with E-state index < -0.39 is 21.8 Å². The van der Waals surface area contributed by atoms with Crippen LogP contribution in [0.25, 0.3) is 0 Å². The number of aliphatic carboxylic acids is 1. The van der Waals surface area contributed by atoms with E-state index in [0.29, 0.717) is 11.3 Å². The number of carbonyl (C=O) groups is 2. The van der Waals surface area contributed by atoms with Gasteiger partial charge >= 0.3 is 12.0 Å². The third-order valence-corrected chi connectivity index (χ3v) is 3.67. The van der Waals surface area contributed by atoms with Crippen molar-refractivity contribution < 1.29 is 23.1 Å². The molecule has 2 N–H and O–H groups in total. The molecule has 0 aliphatic carbocycles. The van der Waals surface area contributed by atoms with Gasteiger partial charge in [0.05, 0.1) is 12.2 Å². The molecular formula is C13H18N2O5S. The number of amides is 2. The number of hydrogen-bond donors (Lipinski definition) is 2. The molecule has 0 atom stereocenters. The summed E-state index contributed by atoms with van der Waals surface area (Å²) < 4.78 is 22.1. The Bertz CT molecular complexity index is 627. The molecule has 1 aromatic rings. The zero-order valence-corrected chi connectivity index (χ0v) is 12.7. The van der Waals surface area contributed by atoms with Crippen molar-refractivity contribution in [2.45, 2.75) is 6.42 Å². The molecule has 1 aromatic carbocycles. The number of carbonyl (C=O) groups excluding carboxylic acids is 1. The minimum Gasteiger partial charge on any atom is -0.481 e. The van der Waals surface area contributed by atoms with Crippen LogP contribution in [0.4, 0.5) is 10.5 Å². The third kappa shape index (κ3) is 6.26. The summed E-state index contributed by atoms with van der Waals surface area (Å²) in [5.74, 6) is -1.13. The van der Waals surface area contributed by atoms with E-state index in [1.54, 1.807) is 24.3 Å². The minimum atomic E-state index is -3.15. The Morgan fingerprint density at radius 1 is 1.29 bits per heavy atom. The Hall–Kier alpha value is -2.09. The van der Waals surface area contributed by atoms with Gasteiger partial charge in [-0.3, -0.25) is 4.79 Å². The van der Waals surface area contributed by atoms with Crippen molar-refractivity contribution in [1.82, 2.24) is 4.90 Å². The second-order valence-corrected chi connectivity index (χ2v) is 6.97. The van der Waals surface area contributed by atoms with Gasteiger partial charge in [0.2, 0.25) is 0 Å². The summed E-state index contributed by atoms with van der Waals surface area (Å²) in [6, 6.07) is 6.08. The number of carboxylic acid groups (broad SMARTS) is 1. The highest BCUT2D eigenvalue weighted by molar-refractivity contribution is 7.90. The van der Waals surface area contributed by atoms with E-state index in [9.17, 15) is 18.0 Å². The van der Waals surface area contributed by atoms with Crippen molar-refractivity contribution in [3.8, 4) is 0 Å². The van der Waals surface area contributed by atoms with Gasteiger partial charge in [0.1, 0.15) is 9.84 Å². The maximum Gasteiger partial charge on any atom is 0.321 e. The second-order valence-electron chi connectivity index (χ2n) is 4.71. The van der Waals surface area contributed by atoms with Gasteiger partial charge in [-0.15, -0.1) is 0 Å². The number of para-hydroxylation sites is 1. The van der Waals surface area contributed by atoms with Crippen LogP contribution in [0.3, 0.4) is 0 Å². The monoisotopic (exact) mass is 314 g/mol. The highest BCUT2D eigenvalue weighted by atomic mass is 32.2. The van der Waals surface area contributed by atoms with E-state index in [1.807, 2.05) is 0 Å². The predicted octanol–water partition coefficient (Wildman–Crippen LogP) is 0.822. The Labute approximate surface area is 123 Å². The molecule has 0 aromatic heterocycles. The average molecular weight is 314 g/mol. The molecule has 7 nitrogen and oxygen atoms in total. The third-order valence-electron chi connectivity index (χ3n) is 2.74. The van der Waals surface area contributed by atoms with Crippen molar-refractivity contribution >= 4 is 27.5 Å². The molecule has 0 unspecified atom stereocenters. The smallest absolute Gasteiger partial charge is 0.321 e. The SMILES string of the molecule is CN(CCS(C)(=O)=O)C(=O)Nc1ccccc1CC(=O)O. The number of nitrogens with zero attached hydrogens (tertiary/aromatic N) is 1. The van der Waals surface area contributed by atoms with Crippen LogP contribution in [-0.2, 0) is 21.1 Å². The lowest BCUT2D eigenvalue weighted by Gasteiger charge is -2.18. The van der Waals surface area contributed by atoms with Gasteiger partial charge in [0, 0.05) is 25.5 Å². The Kier molecular flexibility index (Phi) is 5.71. The molecule has 0 bridgehead atoms. The first-order valence-electron chi connectivity index (χ1n) is 6.18. The fourth-order valence-corrected chi connectivity index (χ4v) is 2.18. The highest BCUT2D eigenvalue weighted by Crippen LogP contribution is 2.16. The number of benzene rings is 1. The van der Waals surface area contributed by atoms with Crippen molar-refractivity contribution in [2.75, 3.05) is 30.9 Å². The molecule has 1 rings (SSSR count). The Morgan fingerprint density at radius 2 is 1.90 bits per heavy atom. The molecule has 21 heavy (non-hydrogen) atoms. The van der Waals surface area contributed by atoms with Crippen LogP contribution in [-0.4, -0.2) is 56.0 Å². The summed E-state index contributed by atoms with van der Waals surface area (Å²) >= 11 is 0. The molecule has 116 valence electrons. The molecule has 0 aliphatic rings. The molecule has 0 heterocycles. The van der Waals surface area contributed by atoms with Crippen LogP contribution in [0.1, 0.15) is 5.56 Å². The summed E-state index contributed by atoms with van der Waals surface area (Å²) in [5.41, 5.74) is 0.881. The zero-order valence-electron chi connectivity index (χ0n) is 11.9. The number of carboxylic acids is 1. The van der Waals surface area contributed by atoms with Crippen molar-refractivity contribution in [3.63, 3.8) is 0 Å². The largest absolute Gasteiger partial charge is 0.481 e. The fourth-order valence-electron chi connectivity index (χ4n) is 1.57. The second kappa shape index (κ2) is 7.07. The predicted molar refractivity (Wildman–Crippen MR) is 79.1 cm³/mol. The summed E-state index contributed by atoms with van der Waals surface area (Å²) in [6.45, 7) is 0.0613. The van der Waals surface area contributed by atoms with E-state index in [0.717, 1.165) is 6.26 Å². The standard InChI is InChI=1S/C13H18N2O5S/c1-15(7-8-21(2,19)20)13(18)14-11-6-4-3-5-10(11)9-12(16)17/h3-6H,7-9H2,1-2H3,(H,14,18)(H,16,17). The van der Waals surface area contributed by atoms with Crippen LogP contribution in [0, 0.1) is 0 Å². The maximum absolute atomic E-state index is 11.9. The molecule has 0 saturated carbocycles. The van der Waals surface area contributed by atoms with Gasteiger partial charge in [-0.25, -0.2) is 13.2 Å². The van der Waals surface area contributed by atoms with Crippen molar-refractivity contribution in [2.24, 2.45) is 0 Å². The Morgan fingerprint density at radius 3 is 2.48 bits per heavy atom. The first-order valence-corrected chi connectivity index (χ1v) is 8.24. The van der Waals surface area contributed by atoms with Gasteiger partial charge in [-0.05, 0) is 11.6 Å². The number of sulfone groups is 1. The molecular weight excluding hydrogens is 296 g/mol. The fraction of sp³-hybridized carbons (Fsp3) is 0.385. The van der Waals surface area contributed by atoms with E-state index >= 15 is 0 Å². The van der Waals surface area contributed by atoms with Crippen LogP contribution < -0.4 is 5.32 Å². The average Bonchev–Trinajstić information content (AvgIpc) is 2.36. The van der Waals surface area contributed by atoms with Crippen molar-refractivity contribution in [1.29, 1.82) is 0 Å². The van der Waals surface area contributed by atoms with Gasteiger partial charge in [-0.1, -0.05) is 18.2 Å². The van der Waals surface area contributed by atoms with E-state index in [-0.39, 0.29) is 18.7 Å². The lowest BCUT2D eigenvalue weighted by molar-refractivity contribution is -0.136. The van der Waals surface area contributed by atoms with Crippen molar-refractivity contribution in [3.05, 3.63) is 29.8 Å². The highest BCUT2D eigenvalue weighted by Gasteiger charge is 2.14. The molecule has 0 radical (unpaired) electrons. The number of rotatable bonds is 6. The Balaban J connectivity index is 2.72. The molecule has 0 aliphatic heterocycles. The van der Waals surface area contributed by atoms with Crippen LogP contribution >= 0.6 is 0 Å². The normalized spacial score (nSPS) is 11.0. The van der Waals surface area contributed by atoms with Gasteiger partial charge < -0.3 is 15.3 Å². The van der Waals surface area contributed by atoms with Gasteiger partial charge in [0.15, 0.2) is 0 Å². The van der Waals surface area contributed by atoms with E-state index in [1.165, 1.54) is 11.9 Å². The molecule has 0 fully saturated rings. The molecule has 0 spiro atoms. The molecule has 0 saturated heterocycles. The summed E-state index contributed by atoms with van der Waals surface area (Å²) in [5, 5.41) is 11.4. The van der Waals surface area contributed by atoms with E-state index in [2.05, 4.69) is 5.32 Å². The van der Waals surface area contributed by atoms with Crippen LogP contribution in [0.15, 0.2) is 24.3 Å².